The predicted molar refractivity (Wildman–Crippen MR) is 116 cm³/mol. The lowest BCUT2D eigenvalue weighted by Gasteiger charge is -2.38. The van der Waals surface area contributed by atoms with Crippen LogP contribution in [0.25, 0.3) is 0 Å². The van der Waals surface area contributed by atoms with Crippen molar-refractivity contribution >= 4 is 12.1 Å². The highest BCUT2D eigenvalue weighted by molar-refractivity contribution is 5.80. The van der Waals surface area contributed by atoms with Crippen LogP contribution in [-0.2, 0) is 14.2 Å². The molecule has 0 aliphatic carbocycles. The Bertz CT molecular complexity index is 580. The quantitative estimate of drug-likeness (QED) is 0.532. The minimum absolute atomic E-state index is 0.126. The van der Waals surface area contributed by atoms with Crippen LogP contribution in [0.3, 0.4) is 0 Å². The van der Waals surface area contributed by atoms with Gasteiger partial charge in [-0.05, 0) is 33.6 Å². The van der Waals surface area contributed by atoms with E-state index in [1.54, 1.807) is 4.90 Å². The molecule has 3 saturated heterocycles. The Kier molecular flexibility index (Phi) is 8.19. The minimum Gasteiger partial charge on any atom is -0.444 e. The third kappa shape index (κ3) is 6.72. The van der Waals surface area contributed by atoms with Crippen molar-refractivity contribution in [2.75, 3.05) is 72.6 Å². The molecule has 30 heavy (non-hydrogen) atoms. The van der Waals surface area contributed by atoms with Crippen molar-refractivity contribution in [3.8, 4) is 0 Å². The van der Waals surface area contributed by atoms with Gasteiger partial charge < -0.3 is 29.3 Å². The van der Waals surface area contributed by atoms with Gasteiger partial charge in [0.25, 0.3) is 0 Å². The highest BCUT2D eigenvalue weighted by Crippen LogP contribution is 2.21. The number of hydrogen-bond acceptors (Lipinski definition) is 6. The zero-order chi connectivity index (χ0) is 21.6. The van der Waals surface area contributed by atoms with Gasteiger partial charge in [-0.3, -0.25) is 9.89 Å². The van der Waals surface area contributed by atoms with Gasteiger partial charge >= 0.3 is 6.09 Å². The van der Waals surface area contributed by atoms with Crippen LogP contribution in [-0.4, -0.2) is 117 Å². The molecule has 0 bridgehead atoms. The maximum Gasteiger partial charge on any atom is 0.410 e. The van der Waals surface area contributed by atoms with Crippen molar-refractivity contribution in [1.29, 1.82) is 0 Å². The molecule has 3 fully saturated rings. The van der Waals surface area contributed by atoms with Gasteiger partial charge in [0, 0.05) is 66.0 Å². The Morgan fingerprint density at radius 1 is 1.07 bits per heavy atom. The molecule has 0 aromatic rings. The molecule has 0 aromatic heterocycles. The lowest BCUT2D eigenvalue weighted by Crippen LogP contribution is -2.55. The molecule has 0 saturated carbocycles. The van der Waals surface area contributed by atoms with Gasteiger partial charge in [-0.15, -0.1) is 0 Å². The number of morpholine rings is 1. The summed E-state index contributed by atoms with van der Waals surface area (Å²) in [7, 11) is 1.83. The Labute approximate surface area is 180 Å². The molecule has 9 nitrogen and oxygen atoms in total. The summed E-state index contributed by atoms with van der Waals surface area (Å²) in [6.07, 6.45) is 2.33. The maximum atomic E-state index is 12.2. The average Bonchev–Trinajstić information content (AvgIpc) is 3.25. The molecule has 9 heteroatoms. The lowest BCUT2D eigenvalue weighted by atomic mass is 10.1. The number of nitrogens with zero attached hydrogens (tertiary/aromatic N) is 4. The standard InChI is InChI=1S/C21H39N5O4/c1-21(2,3)30-20(27)25-11-9-24(10-12-25)8-7-23-19(22-4)26-13-15-29-18(16-26)17-6-5-14-28-17/h17-18H,5-16H2,1-4H3,(H,22,23). The molecule has 1 N–H and O–H groups in total. The number of carbonyl (C=O) groups excluding carboxylic acids is 1. The zero-order valence-electron chi connectivity index (χ0n) is 19.1. The first kappa shape index (κ1) is 23.1. The number of nitrogens with one attached hydrogen (secondary N) is 1. The van der Waals surface area contributed by atoms with Crippen molar-refractivity contribution in [2.45, 2.75) is 51.4 Å². The molecule has 3 aliphatic heterocycles. The second-order valence-electron chi connectivity index (χ2n) is 9.19. The molecule has 0 aromatic carbocycles. The number of hydrogen-bond donors (Lipinski definition) is 1. The third-order valence-corrected chi connectivity index (χ3v) is 5.72. The van der Waals surface area contributed by atoms with Crippen LogP contribution in [0.2, 0.25) is 0 Å². The van der Waals surface area contributed by atoms with Gasteiger partial charge in [0.05, 0.1) is 12.7 Å². The second-order valence-corrected chi connectivity index (χ2v) is 9.19. The Balaban J connectivity index is 1.36. The lowest BCUT2D eigenvalue weighted by molar-refractivity contribution is -0.0817. The molecule has 3 rings (SSSR count). The smallest absolute Gasteiger partial charge is 0.410 e. The van der Waals surface area contributed by atoms with Crippen LogP contribution >= 0.6 is 0 Å². The van der Waals surface area contributed by atoms with Crippen molar-refractivity contribution in [1.82, 2.24) is 20.0 Å². The van der Waals surface area contributed by atoms with Crippen LogP contribution in [0.4, 0.5) is 4.79 Å². The fourth-order valence-corrected chi connectivity index (χ4v) is 4.13. The van der Waals surface area contributed by atoms with Crippen molar-refractivity contribution in [2.24, 2.45) is 4.99 Å². The summed E-state index contributed by atoms with van der Waals surface area (Å²) in [4.78, 5) is 23.1. The summed E-state index contributed by atoms with van der Waals surface area (Å²) in [5.41, 5.74) is -0.448. The van der Waals surface area contributed by atoms with Gasteiger partial charge in [-0.25, -0.2) is 4.79 Å². The Morgan fingerprint density at radius 3 is 2.43 bits per heavy atom. The number of ether oxygens (including phenoxy) is 3. The van der Waals surface area contributed by atoms with Gasteiger partial charge in [-0.1, -0.05) is 0 Å². The van der Waals surface area contributed by atoms with E-state index in [2.05, 4.69) is 20.1 Å². The fourth-order valence-electron chi connectivity index (χ4n) is 4.13. The SMILES string of the molecule is CN=C(NCCN1CCN(C(=O)OC(C)(C)C)CC1)N1CCOC(C2CCCO2)C1. The van der Waals surface area contributed by atoms with E-state index in [4.69, 9.17) is 14.2 Å². The van der Waals surface area contributed by atoms with Crippen LogP contribution in [0.5, 0.6) is 0 Å². The highest BCUT2D eigenvalue weighted by atomic mass is 16.6. The first-order chi connectivity index (χ1) is 14.4. The zero-order valence-corrected chi connectivity index (χ0v) is 19.1. The summed E-state index contributed by atoms with van der Waals surface area (Å²) in [5, 5.41) is 3.50. The topological polar surface area (TPSA) is 78.9 Å². The molecular formula is C21H39N5O4. The Hall–Kier alpha value is -1.58. The van der Waals surface area contributed by atoms with Crippen LogP contribution in [0, 0.1) is 0 Å². The summed E-state index contributed by atoms with van der Waals surface area (Å²) >= 11 is 0. The van der Waals surface area contributed by atoms with E-state index in [0.29, 0.717) is 19.7 Å². The molecule has 1 amide bonds. The molecule has 2 atom stereocenters. The van der Waals surface area contributed by atoms with Crippen LogP contribution in [0.1, 0.15) is 33.6 Å². The largest absolute Gasteiger partial charge is 0.444 e. The molecule has 3 heterocycles. The van der Waals surface area contributed by atoms with E-state index in [0.717, 1.165) is 64.7 Å². The molecule has 172 valence electrons. The average molecular weight is 426 g/mol. The summed E-state index contributed by atoms with van der Waals surface area (Å²) in [6, 6.07) is 0. The maximum absolute atomic E-state index is 12.2. The third-order valence-electron chi connectivity index (χ3n) is 5.72. The van der Waals surface area contributed by atoms with Crippen LogP contribution < -0.4 is 5.32 Å². The van der Waals surface area contributed by atoms with E-state index in [1.165, 1.54) is 0 Å². The monoisotopic (exact) mass is 425 g/mol. The van der Waals surface area contributed by atoms with Gasteiger partial charge in [0.2, 0.25) is 0 Å². The van der Waals surface area contributed by atoms with Crippen molar-refractivity contribution < 1.29 is 19.0 Å². The highest BCUT2D eigenvalue weighted by Gasteiger charge is 2.32. The number of rotatable bonds is 4. The normalized spacial score (nSPS) is 26.7. The minimum atomic E-state index is -0.448. The van der Waals surface area contributed by atoms with E-state index >= 15 is 0 Å². The van der Waals surface area contributed by atoms with E-state index in [-0.39, 0.29) is 18.3 Å². The Morgan fingerprint density at radius 2 is 1.80 bits per heavy atom. The van der Waals surface area contributed by atoms with E-state index in [1.807, 2.05) is 27.8 Å². The number of aliphatic imine (C=N–C) groups is 1. The molecule has 0 radical (unpaired) electrons. The van der Waals surface area contributed by atoms with E-state index in [9.17, 15) is 4.79 Å². The van der Waals surface area contributed by atoms with Gasteiger partial charge in [-0.2, -0.15) is 0 Å². The number of piperazine rings is 1. The number of amides is 1. The number of guanidine groups is 1. The summed E-state index contributed by atoms with van der Waals surface area (Å²) < 4.78 is 17.2. The predicted octanol–water partition coefficient (Wildman–Crippen LogP) is 0.994. The molecule has 2 unspecified atom stereocenters. The van der Waals surface area contributed by atoms with Crippen molar-refractivity contribution in [3.05, 3.63) is 0 Å². The van der Waals surface area contributed by atoms with E-state index < -0.39 is 5.60 Å². The fraction of sp³-hybridized carbons (Fsp3) is 0.905. The molecule has 3 aliphatic rings. The summed E-state index contributed by atoms with van der Waals surface area (Å²) in [6.45, 7) is 13.8. The first-order valence-electron chi connectivity index (χ1n) is 11.2. The number of carbonyl (C=O) groups is 1. The van der Waals surface area contributed by atoms with Crippen molar-refractivity contribution in [3.63, 3.8) is 0 Å². The van der Waals surface area contributed by atoms with Gasteiger partial charge in [0.1, 0.15) is 11.7 Å². The second kappa shape index (κ2) is 10.6. The van der Waals surface area contributed by atoms with Gasteiger partial charge in [0.15, 0.2) is 5.96 Å². The molecule has 0 spiro atoms. The summed E-state index contributed by atoms with van der Waals surface area (Å²) in [5.74, 6) is 0.925. The van der Waals surface area contributed by atoms with Crippen LogP contribution in [0.15, 0.2) is 4.99 Å². The first-order valence-corrected chi connectivity index (χ1v) is 11.2. The molecular weight excluding hydrogens is 386 g/mol.